The lowest BCUT2D eigenvalue weighted by Gasteiger charge is -2.17. The minimum absolute atomic E-state index is 0.0289. The Bertz CT molecular complexity index is 1170. The highest BCUT2D eigenvalue weighted by molar-refractivity contribution is 5.86. The lowest BCUT2D eigenvalue weighted by molar-refractivity contribution is -0.144. The number of hydrogen-bond donors (Lipinski definition) is 2. The molecule has 0 unspecified atom stereocenters. The van der Waals surface area contributed by atoms with E-state index in [0.717, 1.165) is 11.1 Å². The van der Waals surface area contributed by atoms with Crippen LogP contribution in [0.15, 0.2) is 78.9 Å². The highest BCUT2D eigenvalue weighted by Crippen LogP contribution is 2.30. The molecule has 37 heavy (non-hydrogen) atoms. The van der Waals surface area contributed by atoms with Crippen molar-refractivity contribution in [2.45, 2.75) is 45.4 Å². The van der Waals surface area contributed by atoms with E-state index < -0.39 is 23.9 Å². The molecule has 194 valence electrons. The summed E-state index contributed by atoms with van der Waals surface area (Å²) in [6.45, 7) is 2.54. The molecule has 0 fully saturated rings. The van der Waals surface area contributed by atoms with Gasteiger partial charge in [0.2, 0.25) is 5.91 Å². The van der Waals surface area contributed by atoms with Crippen molar-refractivity contribution < 1.29 is 33.7 Å². The van der Waals surface area contributed by atoms with Gasteiger partial charge in [-0.3, -0.25) is 9.59 Å². The fourth-order valence-electron chi connectivity index (χ4n) is 3.53. The van der Waals surface area contributed by atoms with Crippen molar-refractivity contribution in [1.29, 1.82) is 0 Å². The predicted octanol–water partition coefficient (Wildman–Crippen LogP) is 4.30. The van der Waals surface area contributed by atoms with Gasteiger partial charge in [0.25, 0.3) is 0 Å². The average molecular weight is 506 g/mol. The smallest absolute Gasteiger partial charge is 0.326 e. The summed E-state index contributed by atoms with van der Waals surface area (Å²) in [7, 11) is 0. The summed E-state index contributed by atoms with van der Waals surface area (Å²) in [4.78, 5) is 35.6. The molecule has 1 amide bonds. The Hall–Kier alpha value is -4.33. The van der Waals surface area contributed by atoms with Crippen LogP contribution in [0.1, 0.15) is 36.5 Å². The first-order chi connectivity index (χ1) is 17.9. The number of carboxylic acid groups (broad SMARTS) is 1. The lowest BCUT2D eigenvalue weighted by atomic mass is 10.0. The van der Waals surface area contributed by atoms with Crippen LogP contribution in [0.5, 0.6) is 11.5 Å². The minimum Gasteiger partial charge on any atom is -0.485 e. The molecular formula is C29H31NO7. The Kier molecular flexibility index (Phi) is 10.5. The van der Waals surface area contributed by atoms with Gasteiger partial charge in [0.05, 0.1) is 13.0 Å². The van der Waals surface area contributed by atoms with Gasteiger partial charge in [-0.25, -0.2) is 4.79 Å². The topological polar surface area (TPSA) is 111 Å². The number of benzene rings is 3. The van der Waals surface area contributed by atoms with E-state index in [1.807, 2.05) is 60.7 Å². The second kappa shape index (κ2) is 14.3. The monoisotopic (exact) mass is 505 g/mol. The molecule has 0 spiro atoms. The number of amides is 1. The fourth-order valence-corrected chi connectivity index (χ4v) is 3.53. The van der Waals surface area contributed by atoms with Crippen LogP contribution in [0.4, 0.5) is 0 Å². The molecule has 8 nitrogen and oxygen atoms in total. The Morgan fingerprint density at radius 1 is 0.784 bits per heavy atom. The van der Waals surface area contributed by atoms with Crippen LogP contribution < -0.4 is 14.8 Å². The van der Waals surface area contributed by atoms with Gasteiger partial charge in [0, 0.05) is 12.8 Å². The van der Waals surface area contributed by atoms with Crippen LogP contribution >= 0.6 is 0 Å². The van der Waals surface area contributed by atoms with Crippen molar-refractivity contribution in [1.82, 2.24) is 5.32 Å². The van der Waals surface area contributed by atoms with Crippen LogP contribution in [0, 0.1) is 0 Å². The second-order valence-corrected chi connectivity index (χ2v) is 8.30. The second-order valence-electron chi connectivity index (χ2n) is 8.30. The zero-order chi connectivity index (χ0) is 26.5. The lowest BCUT2D eigenvalue weighted by Crippen LogP contribution is -2.42. The molecule has 3 rings (SSSR count). The van der Waals surface area contributed by atoms with Crippen molar-refractivity contribution in [2.75, 3.05) is 6.61 Å². The number of carbonyl (C=O) groups is 3. The Labute approximate surface area is 216 Å². The molecule has 0 aliphatic carbocycles. The maximum Gasteiger partial charge on any atom is 0.326 e. The molecule has 0 heterocycles. The van der Waals surface area contributed by atoms with E-state index in [4.69, 9.17) is 14.2 Å². The number of ether oxygens (including phenoxy) is 3. The Balaban J connectivity index is 1.71. The van der Waals surface area contributed by atoms with Crippen LogP contribution in [0.25, 0.3) is 0 Å². The van der Waals surface area contributed by atoms with E-state index >= 15 is 0 Å². The third-order valence-corrected chi connectivity index (χ3v) is 5.42. The van der Waals surface area contributed by atoms with Crippen molar-refractivity contribution in [2.24, 2.45) is 0 Å². The Morgan fingerprint density at radius 3 is 1.95 bits per heavy atom. The molecule has 0 aliphatic rings. The summed E-state index contributed by atoms with van der Waals surface area (Å²) >= 11 is 0. The summed E-state index contributed by atoms with van der Waals surface area (Å²) in [5.41, 5.74) is 2.62. The number of carbonyl (C=O) groups excluding carboxylic acids is 2. The van der Waals surface area contributed by atoms with Gasteiger partial charge >= 0.3 is 11.9 Å². The largest absolute Gasteiger partial charge is 0.485 e. The van der Waals surface area contributed by atoms with Crippen molar-refractivity contribution >= 4 is 17.8 Å². The number of esters is 1. The SMILES string of the molecule is CCOC(=O)CCC(=O)N[C@@H](Cc1ccc(OCc2ccccc2)c(OCc2ccccc2)c1)C(=O)O. The first-order valence-corrected chi connectivity index (χ1v) is 12.1. The molecule has 0 aliphatic heterocycles. The van der Waals surface area contributed by atoms with Gasteiger partial charge < -0.3 is 24.6 Å². The van der Waals surface area contributed by atoms with E-state index in [2.05, 4.69) is 5.32 Å². The first kappa shape index (κ1) is 27.3. The molecule has 3 aromatic rings. The molecule has 2 N–H and O–H groups in total. The van der Waals surface area contributed by atoms with Gasteiger partial charge in [-0.05, 0) is 35.7 Å². The minimum atomic E-state index is -1.18. The highest BCUT2D eigenvalue weighted by atomic mass is 16.5. The number of aliphatic carboxylic acids is 1. The van der Waals surface area contributed by atoms with E-state index in [0.29, 0.717) is 30.3 Å². The van der Waals surface area contributed by atoms with Crippen molar-refractivity contribution in [3.05, 3.63) is 95.6 Å². The van der Waals surface area contributed by atoms with Crippen molar-refractivity contribution in [3.63, 3.8) is 0 Å². The molecule has 0 bridgehead atoms. The average Bonchev–Trinajstić information content (AvgIpc) is 2.91. The van der Waals surface area contributed by atoms with E-state index in [-0.39, 0.29) is 25.9 Å². The van der Waals surface area contributed by atoms with Crippen LogP contribution in [-0.4, -0.2) is 35.6 Å². The third-order valence-electron chi connectivity index (χ3n) is 5.42. The van der Waals surface area contributed by atoms with Crippen LogP contribution in [-0.2, 0) is 38.8 Å². The number of hydrogen-bond acceptors (Lipinski definition) is 6. The zero-order valence-electron chi connectivity index (χ0n) is 20.7. The summed E-state index contributed by atoms with van der Waals surface area (Å²) in [6, 6.07) is 23.4. The summed E-state index contributed by atoms with van der Waals surface area (Å²) in [6.07, 6.45) is -0.238. The normalized spacial score (nSPS) is 11.3. The fraction of sp³-hybridized carbons (Fsp3) is 0.276. The van der Waals surface area contributed by atoms with Gasteiger partial charge in [-0.2, -0.15) is 0 Å². The predicted molar refractivity (Wildman–Crippen MR) is 137 cm³/mol. The molecule has 1 atom stereocenters. The Morgan fingerprint density at radius 2 is 1.38 bits per heavy atom. The van der Waals surface area contributed by atoms with E-state index in [1.54, 1.807) is 25.1 Å². The third kappa shape index (κ3) is 9.33. The summed E-state index contributed by atoms with van der Waals surface area (Å²) in [5, 5.41) is 12.2. The van der Waals surface area contributed by atoms with Gasteiger partial charge in [-0.1, -0.05) is 66.7 Å². The van der Waals surface area contributed by atoms with E-state index in [1.165, 1.54) is 0 Å². The quantitative estimate of drug-likeness (QED) is 0.314. The van der Waals surface area contributed by atoms with Gasteiger partial charge in [0.1, 0.15) is 19.3 Å². The number of nitrogens with one attached hydrogen (secondary N) is 1. The summed E-state index contributed by atoms with van der Waals surface area (Å²) in [5.74, 6) is -1.23. The first-order valence-electron chi connectivity index (χ1n) is 12.1. The van der Waals surface area contributed by atoms with E-state index in [9.17, 15) is 19.5 Å². The van der Waals surface area contributed by atoms with Crippen LogP contribution in [0.2, 0.25) is 0 Å². The molecule has 0 saturated carbocycles. The molecule has 8 heteroatoms. The zero-order valence-corrected chi connectivity index (χ0v) is 20.7. The number of carboxylic acids is 1. The maximum absolute atomic E-state index is 12.2. The van der Waals surface area contributed by atoms with Crippen LogP contribution in [0.3, 0.4) is 0 Å². The highest BCUT2D eigenvalue weighted by Gasteiger charge is 2.22. The molecule has 0 aromatic heterocycles. The standard InChI is InChI=1S/C29H31NO7/c1-2-35-28(32)16-15-27(31)30-24(29(33)34)17-23-13-14-25(36-19-21-9-5-3-6-10-21)26(18-23)37-20-22-11-7-4-8-12-22/h3-14,18,24H,2,15-17,19-20H2,1H3,(H,30,31)(H,33,34)/t24-/m0/s1. The maximum atomic E-state index is 12.2. The summed E-state index contributed by atoms with van der Waals surface area (Å²) < 4.78 is 16.9. The molecule has 0 radical (unpaired) electrons. The molecule has 3 aromatic carbocycles. The van der Waals surface area contributed by atoms with Crippen molar-refractivity contribution in [3.8, 4) is 11.5 Å². The van der Waals surface area contributed by atoms with Gasteiger partial charge in [0.15, 0.2) is 11.5 Å². The number of rotatable bonds is 14. The molecular weight excluding hydrogens is 474 g/mol. The molecule has 0 saturated heterocycles. The van der Waals surface area contributed by atoms with Gasteiger partial charge in [-0.15, -0.1) is 0 Å².